The van der Waals surface area contributed by atoms with Crippen molar-refractivity contribution in [3.8, 4) is 6.07 Å². The van der Waals surface area contributed by atoms with Gasteiger partial charge in [-0.2, -0.15) is 5.26 Å². The summed E-state index contributed by atoms with van der Waals surface area (Å²) >= 11 is 12.2. The van der Waals surface area contributed by atoms with E-state index in [4.69, 9.17) is 28.9 Å². The number of hydrogen-bond acceptors (Lipinski definition) is 3. The van der Waals surface area contributed by atoms with Crippen molar-refractivity contribution in [3.63, 3.8) is 0 Å². The third-order valence-corrected chi connectivity index (χ3v) is 4.55. The number of rotatable bonds is 3. The van der Waals surface area contributed by atoms with Crippen LogP contribution >= 0.6 is 23.2 Å². The minimum absolute atomic E-state index is 0.502. The number of nitrogen functional groups attached to an aromatic ring is 1. The predicted molar refractivity (Wildman–Crippen MR) is 90.6 cm³/mol. The fourth-order valence-corrected chi connectivity index (χ4v) is 3.38. The van der Waals surface area contributed by atoms with Crippen LogP contribution in [0.15, 0.2) is 24.3 Å². The maximum absolute atomic E-state index is 9.39. The highest BCUT2D eigenvalue weighted by atomic mass is 35.5. The topological polar surface area (TPSA) is 58.0 Å². The molecule has 1 aliphatic heterocycles. The van der Waals surface area contributed by atoms with Gasteiger partial charge in [-0.3, -0.25) is 0 Å². The lowest BCUT2D eigenvalue weighted by Gasteiger charge is -2.22. The van der Waals surface area contributed by atoms with Crippen LogP contribution in [0.2, 0.25) is 10.0 Å². The van der Waals surface area contributed by atoms with Gasteiger partial charge in [-0.25, -0.2) is 0 Å². The van der Waals surface area contributed by atoms with Gasteiger partial charge in [0.25, 0.3) is 0 Å². The summed E-state index contributed by atoms with van der Waals surface area (Å²) in [4.78, 5) is 2.24. The van der Waals surface area contributed by atoms with Gasteiger partial charge in [0.05, 0.1) is 12.2 Å². The fraction of sp³-hybridized carbons (Fsp3) is 0.312. The molecule has 1 aliphatic rings. The Hall–Kier alpha value is -1.83. The summed E-state index contributed by atoms with van der Waals surface area (Å²) < 4.78 is 1.94. The van der Waals surface area contributed by atoms with Crippen LogP contribution in [0.25, 0.3) is 0 Å². The molecule has 3 rings (SSSR count). The molecule has 0 saturated carbocycles. The van der Waals surface area contributed by atoms with E-state index < -0.39 is 0 Å². The SMILES string of the molecule is N#Cc1cc(N)c(N2CCCC2)n1Cc1ccc(Cl)cc1Cl. The highest BCUT2D eigenvalue weighted by Crippen LogP contribution is 2.32. The molecule has 114 valence electrons. The lowest BCUT2D eigenvalue weighted by molar-refractivity contribution is 0.761. The van der Waals surface area contributed by atoms with E-state index in [1.807, 2.05) is 10.6 Å². The number of hydrogen-bond donors (Lipinski definition) is 1. The highest BCUT2D eigenvalue weighted by Gasteiger charge is 2.22. The van der Waals surface area contributed by atoms with Gasteiger partial charge in [0.2, 0.25) is 0 Å². The summed E-state index contributed by atoms with van der Waals surface area (Å²) in [7, 11) is 0. The van der Waals surface area contributed by atoms with Gasteiger partial charge >= 0.3 is 0 Å². The van der Waals surface area contributed by atoms with Crippen LogP contribution in [0, 0.1) is 11.3 Å². The van der Waals surface area contributed by atoms with E-state index in [1.165, 1.54) is 0 Å². The first-order chi connectivity index (χ1) is 10.6. The molecule has 1 aromatic heterocycles. The van der Waals surface area contributed by atoms with E-state index in [0.29, 0.717) is 28.0 Å². The van der Waals surface area contributed by atoms with Crippen LogP contribution in [-0.2, 0) is 6.54 Å². The summed E-state index contributed by atoms with van der Waals surface area (Å²) in [5.41, 5.74) is 8.25. The molecule has 0 unspecified atom stereocenters. The molecule has 6 heteroatoms. The summed E-state index contributed by atoms with van der Waals surface area (Å²) in [6, 6.07) is 9.35. The van der Waals surface area contributed by atoms with Crippen LogP contribution in [0.5, 0.6) is 0 Å². The molecular weight excluding hydrogens is 319 g/mol. The van der Waals surface area contributed by atoms with Gasteiger partial charge in [0.1, 0.15) is 17.6 Å². The maximum atomic E-state index is 9.39. The van der Waals surface area contributed by atoms with Crippen molar-refractivity contribution in [1.29, 1.82) is 5.26 Å². The summed E-state index contributed by atoms with van der Waals surface area (Å²) in [5.74, 6) is 0.917. The zero-order chi connectivity index (χ0) is 15.7. The van der Waals surface area contributed by atoms with E-state index in [-0.39, 0.29) is 0 Å². The molecule has 2 aromatic rings. The molecule has 2 heterocycles. The van der Waals surface area contributed by atoms with Crippen LogP contribution in [-0.4, -0.2) is 17.7 Å². The van der Waals surface area contributed by atoms with E-state index in [1.54, 1.807) is 18.2 Å². The normalized spacial score (nSPS) is 14.3. The van der Waals surface area contributed by atoms with Crippen molar-refractivity contribution < 1.29 is 0 Å². The molecule has 0 bridgehead atoms. The average Bonchev–Trinajstić information content (AvgIpc) is 3.09. The second-order valence-electron chi connectivity index (χ2n) is 5.44. The Bertz CT molecular complexity index is 739. The van der Waals surface area contributed by atoms with Crippen LogP contribution in [0.4, 0.5) is 11.5 Å². The minimum atomic E-state index is 0.502. The molecule has 1 fully saturated rings. The Kier molecular flexibility index (Phi) is 4.19. The van der Waals surface area contributed by atoms with Gasteiger partial charge in [-0.05, 0) is 36.6 Å². The standard InChI is InChI=1S/C16H16Cl2N4/c17-12-4-3-11(14(18)7-12)10-22-13(9-19)8-15(20)16(22)21-5-1-2-6-21/h3-4,7-8H,1-2,5-6,10,20H2. The van der Waals surface area contributed by atoms with Gasteiger partial charge < -0.3 is 15.2 Å². The number of nitrogens with two attached hydrogens (primary N) is 1. The second kappa shape index (κ2) is 6.12. The Morgan fingerprint density at radius 3 is 2.55 bits per heavy atom. The van der Waals surface area contributed by atoms with E-state index in [0.717, 1.165) is 37.3 Å². The first-order valence-electron chi connectivity index (χ1n) is 7.18. The van der Waals surface area contributed by atoms with Crippen LogP contribution < -0.4 is 10.6 Å². The smallest absolute Gasteiger partial charge is 0.133 e. The molecule has 1 aromatic carbocycles. The molecule has 0 spiro atoms. The van der Waals surface area contributed by atoms with Gasteiger partial charge in [-0.1, -0.05) is 29.3 Å². The minimum Gasteiger partial charge on any atom is -0.396 e. The van der Waals surface area contributed by atoms with Crippen molar-refractivity contribution in [2.75, 3.05) is 23.7 Å². The zero-order valence-electron chi connectivity index (χ0n) is 12.0. The third-order valence-electron chi connectivity index (χ3n) is 3.96. The molecule has 2 N–H and O–H groups in total. The van der Waals surface area contributed by atoms with Crippen molar-refractivity contribution in [3.05, 3.63) is 45.6 Å². The molecule has 0 atom stereocenters. The van der Waals surface area contributed by atoms with E-state index in [9.17, 15) is 5.26 Å². The monoisotopic (exact) mass is 334 g/mol. The quantitative estimate of drug-likeness (QED) is 0.925. The third kappa shape index (κ3) is 2.75. The predicted octanol–water partition coefficient (Wildman–Crippen LogP) is 3.90. The number of aromatic nitrogens is 1. The van der Waals surface area contributed by atoms with Crippen molar-refractivity contribution >= 4 is 34.7 Å². The summed E-state index contributed by atoms with van der Waals surface area (Å²) in [6.07, 6.45) is 2.29. The largest absolute Gasteiger partial charge is 0.396 e. The molecule has 1 saturated heterocycles. The summed E-state index contributed by atoms with van der Waals surface area (Å²) in [6.45, 7) is 2.43. The maximum Gasteiger partial charge on any atom is 0.133 e. The van der Waals surface area contributed by atoms with E-state index >= 15 is 0 Å². The van der Waals surface area contributed by atoms with Gasteiger partial charge in [-0.15, -0.1) is 0 Å². The number of anilines is 2. The summed E-state index contributed by atoms with van der Waals surface area (Å²) in [5, 5.41) is 10.6. The van der Waals surface area contributed by atoms with Crippen molar-refractivity contribution in [2.24, 2.45) is 0 Å². The van der Waals surface area contributed by atoms with Gasteiger partial charge in [0.15, 0.2) is 0 Å². The Morgan fingerprint density at radius 2 is 1.91 bits per heavy atom. The molecule has 4 nitrogen and oxygen atoms in total. The molecule has 0 amide bonds. The van der Waals surface area contributed by atoms with E-state index in [2.05, 4.69) is 11.0 Å². The molecule has 0 aliphatic carbocycles. The van der Waals surface area contributed by atoms with Crippen molar-refractivity contribution in [2.45, 2.75) is 19.4 Å². The number of nitriles is 1. The highest BCUT2D eigenvalue weighted by molar-refractivity contribution is 6.35. The molecule has 22 heavy (non-hydrogen) atoms. The number of benzene rings is 1. The zero-order valence-corrected chi connectivity index (χ0v) is 13.5. The first kappa shape index (κ1) is 15.1. The Balaban J connectivity index is 2.03. The lowest BCUT2D eigenvalue weighted by atomic mass is 10.2. The Labute approximate surface area is 139 Å². The average molecular weight is 335 g/mol. The second-order valence-corrected chi connectivity index (χ2v) is 6.28. The molecular formula is C16H16Cl2N4. The van der Waals surface area contributed by atoms with Crippen molar-refractivity contribution in [1.82, 2.24) is 4.57 Å². The number of halogens is 2. The lowest BCUT2D eigenvalue weighted by Crippen LogP contribution is -2.23. The number of nitrogens with zero attached hydrogens (tertiary/aromatic N) is 3. The van der Waals surface area contributed by atoms with Gasteiger partial charge in [0, 0.05) is 23.1 Å². The fourth-order valence-electron chi connectivity index (χ4n) is 2.91. The Morgan fingerprint density at radius 1 is 1.18 bits per heavy atom. The van der Waals surface area contributed by atoms with Crippen LogP contribution in [0.1, 0.15) is 24.1 Å². The molecule has 0 radical (unpaired) electrons. The van der Waals surface area contributed by atoms with Crippen LogP contribution in [0.3, 0.4) is 0 Å². The first-order valence-corrected chi connectivity index (χ1v) is 7.93.